The van der Waals surface area contributed by atoms with Crippen molar-refractivity contribution in [3.63, 3.8) is 0 Å². The summed E-state index contributed by atoms with van der Waals surface area (Å²) in [5.41, 5.74) is 3.76. The minimum absolute atomic E-state index is 0.0583. The number of hydrogen-bond acceptors (Lipinski definition) is 2. The lowest BCUT2D eigenvalue weighted by Gasteiger charge is -2.17. The number of aromatic hydroxyl groups is 1. The first-order valence-corrected chi connectivity index (χ1v) is 7.72. The summed E-state index contributed by atoms with van der Waals surface area (Å²) in [4.78, 5) is 12.9. The molecule has 0 amide bonds. The predicted octanol–water partition coefficient (Wildman–Crippen LogP) is 4.08. The van der Waals surface area contributed by atoms with Gasteiger partial charge in [0.25, 0.3) is 5.56 Å². The zero-order chi connectivity index (χ0) is 16.4. The third-order valence-electron chi connectivity index (χ3n) is 4.07. The van der Waals surface area contributed by atoms with Gasteiger partial charge in [-0.05, 0) is 31.0 Å². The van der Waals surface area contributed by atoms with Gasteiger partial charge >= 0.3 is 0 Å². The molecule has 0 aliphatic heterocycles. The largest absolute Gasteiger partial charge is 0.507 e. The number of aryl methyl sites for hydroxylation is 1. The van der Waals surface area contributed by atoms with E-state index in [0.29, 0.717) is 17.7 Å². The molecule has 2 aromatic carbocycles. The van der Waals surface area contributed by atoms with Crippen LogP contribution in [0.3, 0.4) is 0 Å². The zero-order valence-electron chi connectivity index (χ0n) is 13.3. The van der Waals surface area contributed by atoms with Gasteiger partial charge in [0.05, 0.1) is 11.3 Å². The Bertz CT molecular complexity index is 895. The molecule has 0 spiro atoms. The number of hydrogen-bond donors (Lipinski definition) is 1. The minimum atomic E-state index is -0.169. The quantitative estimate of drug-likeness (QED) is 0.792. The maximum absolute atomic E-state index is 12.9. The molecule has 0 aliphatic rings. The summed E-state index contributed by atoms with van der Waals surface area (Å²) in [5, 5.41) is 10.3. The Labute approximate surface area is 135 Å². The molecule has 3 heteroatoms. The standard InChI is InChI=1S/C20H19NO2/c1-3-16-19(22)13-18(17-12-8-7-9-14(17)2)21(20(16)23)15-10-5-4-6-11-15/h4-13,22H,3H2,1-2H3. The Morgan fingerprint density at radius 1 is 1.00 bits per heavy atom. The first kappa shape index (κ1) is 15.1. The van der Waals surface area contributed by atoms with E-state index in [0.717, 1.165) is 16.8 Å². The number of rotatable bonds is 3. The Morgan fingerprint density at radius 3 is 2.30 bits per heavy atom. The van der Waals surface area contributed by atoms with Crippen molar-refractivity contribution in [3.05, 3.63) is 82.1 Å². The van der Waals surface area contributed by atoms with Crippen molar-refractivity contribution in [2.45, 2.75) is 20.3 Å². The molecular weight excluding hydrogens is 286 g/mol. The number of nitrogens with zero attached hydrogens (tertiary/aromatic N) is 1. The van der Waals surface area contributed by atoms with Crippen LogP contribution in [0.25, 0.3) is 16.9 Å². The summed E-state index contributed by atoms with van der Waals surface area (Å²) in [7, 11) is 0. The summed E-state index contributed by atoms with van der Waals surface area (Å²) in [6.07, 6.45) is 0.492. The van der Waals surface area contributed by atoms with Gasteiger partial charge in [0.15, 0.2) is 0 Å². The number of pyridine rings is 1. The van der Waals surface area contributed by atoms with Crippen LogP contribution < -0.4 is 5.56 Å². The fourth-order valence-electron chi connectivity index (χ4n) is 2.86. The van der Waals surface area contributed by atoms with Crippen molar-refractivity contribution in [1.82, 2.24) is 4.57 Å². The van der Waals surface area contributed by atoms with E-state index in [4.69, 9.17) is 0 Å². The molecule has 1 aromatic heterocycles. The fraction of sp³-hybridized carbons (Fsp3) is 0.150. The smallest absolute Gasteiger partial charge is 0.262 e. The summed E-state index contributed by atoms with van der Waals surface area (Å²) in [5.74, 6) is 0.0583. The van der Waals surface area contributed by atoms with Gasteiger partial charge in [0, 0.05) is 17.3 Å². The van der Waals surface area contributed by atoms with E-state index in [1.54, 1.807) is 10.6 Å². The fourth-order valence-corrected chi connectivity index (χ4v) is 2.86. The Balaban J connectivity index is 2.41. The van der Waals surface area contributed by atoms with Crippen LogP contribution in [0.15, 0.2) is 65.5 Å². The monoisotopic (exact) mass is 305 g/mol. The summed E-state index contributed by atoms with van der Waals surface area (Å²) in [6.45, 7) is 3.87. The lowest BCUT2D eigenvalue weighted by atomic mass is 10.0. The molecule has 3 nitrogen and oxygen atoms in total. The highest BCUT2D eigenvalue weighted by Crippen LogP contribution is 2.29. The summed E-state index contributed by atoms with van der Waals surface area (Å²) < 4.78 is 1.68. The lowest BCUT2D eigenvalue weighted by Crippen LogP contribution is -2.23. The Hall–Kier alpha value is -2.81. The van der Waals surface area contributed by atoms with E-state index < -0.39 is 0 Å². The average Bonchev–Trinajstić information content (AvgIpc) is 2.56. The van der Waals surface area contributed by atoms with Crippen LogP contribution in [-0.4, -0.2) is 9.67 Å². The molecule has 23 heavy (non-hydrogen) atoms. The molecule has 116 valence electrons. The van der Waals surface area contributed by atoms with Gasteiger partial charge in [-0.2, -0.15) is 0 Å². The van der Waals surface area contributed by atoms with Crippen LogP contribution in [-0.2, 0) is 6.42 Å². The van der Waals surface area contributed by atoms with Crippen LogP contribution in [0.5, 0.6) is 5.75 Å². The second kappa shape index (κ2) is 6.13. The molecule has 0 radical (unpaired) electrons. The molecule has 1 heterocycles. The molecule has 0 unspecified atom stereocenters. The molecule has 0 saturated carbocycles. The van der Waals surface area contributed by atoms with E-state index in [2.05, 4.69) is 0 Å². The second-order valence-electron chi connectivity index (χ2n) is 5.54. The van der Waals surface area contributed by atoms with Gasteiger partial charge in [0.2, 0.25) is 0 Å². The highest BCUT2D eigenvalue weighted by molar-refractivity contribution is 5.68. The van der Waals surface area contributed by atoms with E-state index in [1.165, 1.54) is 0 Å². The van der Waals surface area contributed by atoms with Crippen LogP contribution in [0.2, 0.25) is 0 Å². The van der Waals surface area contributed by atoms with Gasteiger partial charge in [-0.1, -0.05) is 49.4 Å². The van der Waals surface area contributed by atoms with Crippen LogP contribution in [0.1, 0.15) is 18.1 Å². The third-order valence-corrected chi connectivity index (χ3v) is 4.07. The summed E-state index contributed by atoms with van der Waals surface area (Å²) in [6, 6.07) is 19.1. The molecule has 0 bridgehead atoms. The molecule has 0 saturated heterocycles. The normalized spacial score (nSPS) is 10.7. The number of para-hydroxylation sites is 1. The number of benzene rings is 2. The van der Waals surface area contributed by atoms with Gasteiger partial charge in [-0.3, -0.25) is 9.36 Å². The van der Waals surface area contributed by atoms with Crippen molar-refractivity contribution < 1.29 is 5.11 Å². The SMILES string of the molecule is CCc1c(O)cc(-c2ccccc2C)n(-c2ccccc2)c1=O. The molecular formula is C20H19NO2. The van der Waals surface area contributed by atoms with E-state index in [9.17, 15) is 9.90 Å². The van der Waals surface area contributed by atoms with Crippen molar-refractivity contribution >= 4 is 0 Å². The van der Waals surface area contributed by atoms with E-state index in [-0.39, 0.29) is 11.3 Å². The van der Waals surface area contributed by atoms with Gasteiger partial charge in [0.1, 0.15) is 5.75 Å². The van der Waals surface area contributed by atoms with Crippen molar-refractivity contribution in [2.75, 3.05) is 0 Å². The van der Waals surface area contributed by atoms with Gasteiger partial charge in [-0.25, -0.2) is 0 Å². The van der Waals surface area contributed by atoms with Crippen molar-refractivity contribution in [3.8, 4) is 22.7 Å². The van der Waals surface area contributed by atoms with E-state index in [1.807, 2.05) is 68.4 Å². The lowest BCUT2D eigenvalue weighted by molar-refractivity contribution is 0.466. The van der Waals surface area contributed by atoms with Crippen LogP contribution in [0.4, 0.5) is 0 Å². The maximum atomic E-state index is 12.9. The highest BCUT2D eigenvalue weighted by Gasteiger charge is 2.16. The molecule has 0 atom stereocenters. The minimum Gasteiger partial charge on any atom is -0.507 e. The van der Waals surface area contributed by atoms with Gasteiger partial charge < -0.3 is 5.11 Å². The van der Waals surface area contributed by atoms with Gasteiger partial charge in [-0.15, -0.1) is 0 Å². The van der Waals surface area contributed by atoms with Crippen molar-refractivity contribution in [1.29, 1.82) is 0 Å². The topological polar surface area (TPSA) is 42.2 Å². The molecule has 0 aliphatic carbocycles. The first-order chi connectivity index (χ1) is 11.1. The van der Waals surface area contributed by atoms with Crippen LogP contribution in [0, 0.1) is 6.92 Å². The maximum Gasteiger partial charge on any atom is 0.262 e. The summed E-state index contributed by atoms with van der Waals surface area (Å²) >= 11 is 0. The highest BCUT2D eigenvalue weighted by atomic mass is 16.3. The molecule has 3 aromatic rings. The molecule has 1 N–H and O–H groups in total. The zero-order valence-corrected chi connectivity index (χ0v) is 13.3. The molecule has 3 rings (SSSR count). The molecule has 0 fully saturated rings. The second-order valence-corrected chi connectivity index (χ2v) is 5.54. The third kappa shape index (κ3) is 2.66. The average molecular weight is 305 g/mol. The first-order valence-electron chi connectivity index (χ1n) is 7.72. The van der Waals surface area contributed by atoms with E-state index >= 15 is 0 Å². The predicted molar refractivity (Wildman–Crippen MR) is 93.3 cm³/mol. The van der Waals surface area contributed by atoms with Crippen LogP contribution >= 0.6 is 0 Å². The Morgan fingerprint density at radius 2 is 1.65 bits per heavy atom. The Kier molecular flexibility index (Phi) is 4.02. The number of aromatic nitrogens is 1. The van der Waals surface area contributed by atoms with Crippen molar-refractivity contribution in [2.24, 2.45) is 0 Å².